The lowest BCUT2D eigenvalue weighted by molar-refractivity contribution is -0.258. The number of rotatable bonds is 34. The highest BCUT2D eigenvalue weighted by Gasteiger charge is 2.59. The lowest BCUT2D eigenvalue weighted by Gasteiger charge is -2.36. The number of benzene rings is 9. The van der Waals surface area contributed by atoms with Crippen LogP contribution in [-0.2, 0) is 54.5 Å². The second-order valence-electron chi connectivity index (χ2n) is 28.3. The van der Waals surface area contributed by atoms with E-state index in [4.69, 9.17) is 65.4 Å². The number of ketones is 2. The number of halogens is 19. The summed E-state index contributed by atoms with van der Waals surface area (Å²) in [6.45, 7) is 13.8. The van der Waals surface area contributed by atoms with Crippen LogP contribution in [0.3, 0.4) is 0 Å². The Bertz CT molecular complexity index is 5530. The Morgan fingerprint density at radius 3 is 0.886 bits per heavy atom. The number of carbonyl (C=O) groups excluding carboxylic acids is 10. The number of carbonyl (C=O) groups is 10. The van der Waals surface area contributed by atoms with Crippen LogP contribution < -0.4 is 40.2 Å². The van der Waals surface area contributed by atoms with Crippen molar-refractivity contribution in [3.8, 4) is 46.0 Å². The zero-order valence-electron chi connectivity index (χ0n) is 63.5. The third-order valence-electron chi connectivity index (χ3n) is 19.7. The van der Waals surface area contributed by atoms with Crippen LogP contribution >= 0.6 is 46.4 Å². The lowest BCUT2D eigenvalue weighted by atomic mass is 9.80. The van der Waals surface area contributed by atoms with E-state index in [9.17, 15) is 68.3 Å². The second-order valence-corrected chi connectivity index (χ2v) is 30.1. The van der Waals surface area contributed by atoms with E-state index in [0.29, 0.717) is 46.6 Å². The van der Waals surface area contributed by atoms with Gasteiger partial charge in [-0.3, -0.25) is 57.7 Å². The third kappa shape index (κ3) is 20.9. The normalized spacial score (nSPS) is 13.9. The number of imide groups is 2. The van der Waals surface area contributed by atoms with E-state index in [2.05, 4.69) is 36.9 Å². The molecule has 3 atom stereocenters. The molecule has 4 N–H and O–H groups in total. The largest absolute Gasteiger partial charge is 0.457 e. The molecule has 123 heavy (non-hydrogen) atoms. The first-order valence-corrected chi connectivity index (χ1v) is 38.1. The number of aryl methyl sites for hydroxylation is 2. The van der Waals surface area contributed by atoms with Gasteiger partial charge in [0.1, 0.15) is 64.1 Å². The van der Waals surface area contributed by atoms with E-state index in [1.54, 1.807) is 0 Å². The van der Waals surface area contributed by atoms with Crippen LogP contribution in [-0.4, -0.2) is 137 Å². The number of nitrogens with zero attached hydrogens (tertiary/aromatic N) is 2. The van der Waals surface area contributed by atoms with Gasteiger partial charge < -0.3 is 40.2 Å². The maximum Gasteiger partial charge on any atom is 0.417 e. The highest BCUT2D eigenvalue weighted by Crippen LogP contribution is 2.59. The van der Waals surface area contributed by atoms with Crippen LogP contribution in [0.2, 0.25) is 0 Å². The first-order valence-electron chi connectivity index (χ1n) is 36.6. The fourth-order valence-electron chi connectivity index (χ4n) is 13.9. The number of ether oxygens (including phenoxy) is 4. The fraction of sp³-hybridized carbons (Fsp3) is 0.262. The first kappa shape index (κ1) is 91.8. The van der Waals surface area contributed by atoms with E-state index in [0.717, 1.165) is 12.1 Å². The van der Waals surface area contributed by atoms with Gasteiger partial charge in [-0.05, 0) is 140 Å². The van der Waals surface area contributed by atoms with Crippen LogP contribution in [0.25, 0.3) is 43.1 Å². The maximum atomic E-state index is 16.0. The number of hydrogen-bond donors (Lipinski definition) is 4. The molecule has 2 heterocycles. The smallest absolute Gasteiger partial charge is 0.417 e. The van der Waals surface area contributed by atoms with Gasteiger partial charge in [-0.15, -0.1) is 0 Å². The summed E-state index contributed by atoms with van der Waals surface area (Å²) < 4.78 is 248. The minimum Gasteiger partial charge on any atom is -0.457 e. The Labute approximate surface area is 706 Å². The highest BCUT2D eigenvalue weighted by molar-refractivity contribution is 6.46. The average Bonchev–Trinajstić information content (AvgIpc) is 0.669. The summed E-state index contributed by atoms with van der Waals surface area (Å²) in [5.41, 5.74) is -2.04. The zero-order valence-corrected chi connectivity index (χ0v) is 66.5. The molecule has 0 saturated carbocycles. The monoisotopic (exact) mass is 1800 g/mol. The van der Waals surface area contributed by atoms with Crippen molar-refractivity contribution in [2.45, 2.75) is 126 Å². The summed E-state index contributed by atoms with van der Waals surface area (Å²) in [7, 11) is 0. The zero-order chi connectivity index (χ0) is 90.2. The predicted octanol–water partition coefficient (Wildman–Crippen LogP) is 19.5. The number of allylic oxidation sites excluding steroid dienone is 2. The van der Waals surface area contributed by atoms with Gasteiger partial charge in [-0.1, -0.05) is 121 Å². The summed E-state index contributed by atoms with van der Waals surface area (Å²) in [5, 5.41) is 1.17. The Hall–Kier alpha value is -11.9. The van der Waals surface area contributed by atoms with Gasteiger partial charge in [0.05, 0.1) is 55.2 Å². The maximum absolute atomic E-state index is 16.0. The predicted molar refractivity (Wildman–Crippen MR) is 421 cm³/mol. The summed E-state index contributed by atoms with van der Waals surface area (Å²) in [6.07, 6.45) is -34.6. The molecule has 0 saturated heterocycles. The van der Waals surface area contributed by atoms with Gasteiger partial charge in [-0.25, -0.2) is 0 Å². The Morgan fingerprint density at radius 2 is 0.642 bits per heavy atom. The second kappa shape index (κ2) is 36.2. The molecule has 11 rings (SSSR count). The van der Waals surface area contributed by atoms with Crippen LogP contribution in [0, 0.1) is 0 Å². The van der Waals surface area contributed by atoms with Crippen LogP contribution in [0.4, 0.5) is 65.9 Å². The molecule has 20 nitrogen and oxygen atoms in total. The first-order chi connectivity index (χ1) is 57.5. The van der Waals surface area contributed by atoms with E-state index in [1.165, 1.54) is 102 Å². The van der Waals surface area contributed by atoms with Gasteiger partial charge >= 0.3 is 30.9 Å². The number of fused-ring (bicyclic) bond motifs is 2. The van der Waals surface area contributed by atoms with Crippen molar-refractivity contribution in [2.24, 2.45) is 0 Å². The molecule has 3 unspecified atom stereocenters. The van der Waals surface area contributed by atoms with Crippen LogP contribution in [0.15, 0.2) is 168 Å². The lowest BCUT2D eigenvalue weighted by Crippen LogP contribution is -2.61. The quantitative estimate of drug-likeness (QED) is 0.00961. The molecule has 646 valence electrons. The van der Waals surface area contributed by atoms with Crippen LogP contribution in [0.5, 0.6) is 46.0 Å². The van der Waals surface area contributed by atoms with E-state index in [1.807, 2.05) is 0 Å². The van der Waals surface area contributed by atoms with Crippen LogP contribution in [0.1, 0.15) is 109 Å². The Kier molecular flexibility index (Phi) is 27.0. The molecule has 2 aliphatic rings. The minimum absolute atomic E-state index is 0.0604. The molecule has 8 amide bonds. The van der Waals surface area contributed by atoms with Crippen molar-refractivity contribution < 1.29 is 133 Å². The molecular formula is C84H63Cl4F15N6O14. The molecule has 2 aliphatic heterocycles. The van der Waals surface area contributed by atoms with Crippen molar-refractivity contribution in [3.63, 3.8) is 0 Å². The molecule has 0 radical (unpaired) electrons. The van der Waals surface area contributed by atoms with Gasteiger partial charge in [0.25, 0.3) is 35.4 Å². The number of amides is 8. The van der Waals surface area contributed by atoms with E-state index >= 15 is 45.5 Å². The Balaban J connectivity index is 1.31. The highest BCUT2D eigenvalue weighted by atomic mass is 35.5. The molecule has 0 bridgehead atoms. The summed E-state index contributed by atoms with van der Waals surface area (Å²) in [5.74, 6) is -19.4. The van der Waals surface area contributed by atoms with Gasteiger partial charge in [0.2, 0.25) is 17.9 Å². The molecule has 39 heteroatoms. The topological polar surface area (TPSA) is 262 Å². The van der Waals surface area contributed by atoms with Crippen molar-refractivity contribution in [3.05, 3.63) is 212 Å². The molecule has 0 spiro atoms. The molecule has 9 aromatic rings. The van der Waals surface area contributed by atoms with E-state index < -0.39 is 220 Å². The number of nitrogens with one attached hydrogen (secondary N) is 4. The molecule has 0 fully saturated rings. The van der Waals surface area contributed by atoms with E-state index in [-0.39, 0.29) is 112 Å². The summed E-state index contributed by atoms with van der Waals surface area (Å²) in [4.78, 5) is 141. The molecule has 0 aliphatic carbocycles. The van der Waals surface area contributed by atoms with Gasteiger partial charge in [0, 0.05) is 69.0 Å². The number of Topliss-reactive ketones (excluding diaryl/α,β-unsaturated/α-hetero) is 2. The fourth-order valence-corrected chi connectivity index (χ4v) is 14.2. The molecule has 0 aromatic heterocycles. The SMILES string of the molecule is C=C(Cl)C(=O)CCCc1ccc(Oc2cc3c4c(cc(Oc5ccc(CCCC(=O)C(=C)Cl)cc5)c5c6c(Oc7ccc(CCNC(=O)C(=C)Cl)cc7)cc7c8c(cc(Oc9ccc(CCNC(=O)C(=C)Cl)cc9)c(c2c45)c86)C(=O)N(C(CC(F)(F)F)C(=O)NC(C)C(F)(F)F)C7=O)C(=O)N(C(CC(F)(F)F)C(=O)NC(C(F)(F)F)C(F)(F)F)C3=O)cc1. The van der Waals surface area contributed by atoms with Gasteiger partial charge in [0.15, 0.2) is 11.6 Å². The van der Waals surface area contributed by atoms with Crippen molar-refractivity contribution in [2.75, 3.05) is 13.1 Å². The molecular weight excluding hydrogens is 1740 g/mol. The van der Waals surface area contributed by atoms with Crippen molar-refractivity contribution in [1.29, 1.82) is 0 Å². The standard InChI is InChI=1S/C84H63Cl4F15N6O14/c1-38(85)57(110)10-6-8-43-12-20-47(21-13-43)120-59-34-53-64-54(78(119)109(77(53)118)56(37-81(92,93)94)74(115)107-79(83(98,99)100)84(101,102)103)35-60(121-48-22-14-44(15-23-48)9-7-11-58(111)39(2)86)66-68-62(123-50-26-18-46(19-27-50)29-31-105-72(113)41(4)88)33-52-63-51(75(116)108(76(52)117)55(36-80(89,90)91)73(114)106-42(5)82(95,96)97)32-61(67(69(63)68)65(59)70(64)66)122-49-24-16-45(17-25-49)28-30-104-71(112)40(3)87/h12-27,32-35,42,55-56,79H,1-4,6-11,28-31,36-37H2,5H3,(H,104,112)(H,105,113)(H,106,114)(H,107,115). The van der Waals surface area contributed by atoms with Crippen molar-refractivity contribution in [1.82, 2.24) is 31.1 Å². The number of hydrogen-bond acceptors (Lipinski definition) is 14. The Morgan fingerprint density at radius 1 is 0.374 bits per heavy atom. The average molecular weight is 1810 g/mol. The van der Waals surface area contributed by atoms with Gasteiger partial charge in [-0.2, -0.15) is 65.9 Å². The number of alkyl halides is 15. The summed E-state index contributed by atoms with van der Waals surface area (Å²) >= 11 is 23.2. The molecule has 9 aromatic carbocycles. The minimum atomic E-state index is -6.51. The third-order valence-corrected chi connectivity index (χ3v) is 20.4. The summed E-state index contributed by atoms with van der Waals surface area (Å²) in [6, 6.07) is 10.0. The van der Waals surface area contributed by atoms with Crippen molar-refractivity contribution >= 4 is 148 Å².